The van der Waals surface area contributed by atoms with E-state index in [9.17, 15) is 9.59 Å². The maximum absolute atomic E-state index is 13.5. The molecule has 6 heteroatoms. The van der Waals surface area contributed by atoms with E-state index in [1.54, 1.807) is 7.11 Å². The third-order valence-electron chi connectivity index (χ3n) is 6.04. The predicted molar refractivity (Wildman–Crippen MR) is 129 cm³/mol. The van der Waals surface area contributed by atoms with E-state index in [2.05, 4.69) is 12.2 Å². The number of carbonyl (C=O) groups excluding carboxylic acids is 2. The number of nitrogens with one attached hydrogen (secondary N) is 1. The maximum Gasteiger partial charge on any atom is 0.225 e. The van der Waals surface area contributed by atoms with Gasteiger partial charge in [0.25, 0.3) is 0 Å². The number of benzene rings is 2. The molecule has 0 bridgehead atoms. The van der Waals surface area contributed by atoms with E-state index in [4.69, 9.17) is 9.47 Å². The van der Waals surface area contributed by atoms with Crippen LogP contribution in [0, 0.1) is 5.92 Å². The van der Waals surface area contributed by atoms with Gasteiger partial charge in [-0.05, 0) is 38.8 Å². The van der Waals surface area contributed by atoms with Gasteiger partial charge in [-0.3, -0.25) is 9.59 Å². The lowest BCUT2D eigenvalue weighted by Crippen LogP contribution is -2.48. The van der Waals surface area contributed by atoms with Crippen LogP contribution in [0.3, 0.4) is 0 Å². The average molecular weight is 453 g/mol. The van der Waals surface area contributed by atoms with E-state index in [0.29, 0.717) is 31.7 Å². The van der Waals surface area contributed by atoms with E-state index >= 15 is 0 Å². The van der Waals surface area contributed by atoms with Gasteiger partial charge in [0.1, 0.15) is 11.5 Å². The van der Waals surface area contributed by atoms with E-state index < -0.39 is 0 Å². The highest BCUT2D eigenvalue weighted by molar-refractivity contribution is 5.85. The Morgan fingerprint density at radius 1 is 1.12 bits per heavy atom. The molecular formula is C27H36N2O4. The highest BCUT2D eigenvalue weighted by Gasteiger charge is 2.41. The number of carbonyl (C=O) groups is 2. The Labute approximate surface area is 197 Å². The summed E-state index contributed by atoms with van der Waals surface area (Å²) in [6.07, 6.45) is 2.81. The molecule has 33 heavy (non-hydrogen) atoms. The van der Waals surface area contributed by atoms with Crippen LogP contribution >= 0.6 is 0 Å². The van der Waals surface area contributed by atoms with Gasteiger partial charge in [-0.2, -0.15) is 0 Å². The predicted octanol–water partition coefficient (Wildman–Crippen LogP) is 4.88. The van der Waals surface area contributed by atoms with Gasteiger partial charge in [-0.15, -0.1) is 0 Å². The largest absolute Gasteiger partial charge is 0.496 e. The summed E-state index contributed by atoms with van der Waals surface area (Å²) in [5, 5.41) is 3.11. The van der Waals surface area contributed by atoms with Gasteiger partial charge in [0.15, 0.2) is 0 Å². The monoisotopic (exact) mass is 452 g/mol. The SMILES string of the molecule is CCCCN1C(=O)CCC(C(=O)NCc2ccccc2OC(C)C)C1c1ccccc1OC. The van der Waals surface area contributed by atoms with Crippen LogP contribution in [0.1, 0.15) is 63.6 Å². The number of methoxy groups -OCH3 is 1. The first-order valence-corrected chi connectivity index (χ1v) is 11.9. The minimum Gasteiger partial charge on any atom is -0.496 e. The minimum absolute atomic E-state index is 0.0493. The molecule has 1 N–H and O–H groups in total. The van der Waals surface area contributed by atoms with Gasteiger partial charge in [0.05, 0.1) is 25.2 Å². The molecule has 2 amide bonds. The third kappa shape index (κ3) is 6.06. The fourth-order valence-electron chi connectivity index (χ4n) is 4.45. The molecule has 1 saturated heterocycles. The second-order valence-corrected chi connectivity index (χ2v) is 8.76. The molecular weight excluding hydrogens is 416 g/mol. The van der Waals surface area contributed by atoms with Gasteiger partial charge in [0.2, 0.25) is 11.8 Å². The molecule has 178 valence electrons. The molecule has 1 heterocycles. The summed E-state index contributed by atoms with van der Waals surface area (Å²) in [5.41, 5.74) is 1.82. The van der Waals surface area contributed by atoms with Crippen molar-refractivity contribution in [1.29, 1.82) is 0 Å². The van der Waals surface area contributed by atoms with Crippen LogP contribution in [0.4, 0.5) is 0 Å². The number of para-hydroxylation sites is 2. The average Bonchev–Trinajstić information content (AvgIpc) is 2.82. The van der Waals surface area contributed by atoms with Crippen molar-refractivity contribution in [3.05, 3.63) is 59.7 Å². The fourth-order valence-corrected chi connectivity index (χ4v) is 4.45. The van der Waals surface area contributed by atoms with Crippen LogP contribution in [0.5, 0.6) is 11.5 Å². The normalized spacial score (nSPS) is 18.3. The number of hydrogen-bond donors (Lipinski definition) is 1. The number of unbranched alkanes of at least 4 members (excludes halogenated alkanes) is 1. The first kappa shape index (κ1) is 24.6. The Bertz CT molecular complexity index is 943. The standard InChI is InChI=1S/C27H36N2O4/c1-5-6-17-29-25(30)16-15-22(26(29)21-12-8-10-14-24(21)32-4)27(31)28-18-20-11-7-9-13-23(20)33-19(2)3/h7-14,19,22,26H,5-6,15-18H2,1-4H3,(H,28,31). The van der Waals surface area contributed by atoms with E-state index in [1.165, 1.54) is 0 Å². The molecule has 0 saturated carbocycles. The molecule has 6 nitrogen and oxygen atoms in total. The van der Waals surface area contributed by atoms with Gasteiger partial charge < -0.3 is 19.7 Å². The molecule has 2 atom stereocenters. The first-order chi connectivity index (χ1) is 16.0. The summed E-state index contributed by atoms with van der Waals surface area (Å²) >= 11 is 0. The topological polar surface area (TPSA) is 67.9 Å². The molecule has 1 aliphatic heterocycles. The Kier molecular flexibility index (Phi) is 8.75. The van der Waals surface area contributed by atoms with Gasteiger partial charge in [-0.25, -0.2) is 0 Å². The minimum atomic E-state index is -0.353. The Morgan fingerprint density at radius 2 is 1.82 bits per heavy atom. The van der Waals surface area contributed by atoms with Crippen molar-refractivity contribution in [2.45, 2.75) is 65.1 Å². The molecule has 0 aliphatic carbocycles. The van der Waals surface area contributed by atoms with Crippen molar-refractivity contribution in [3.8, 4) is 11.5 Å². The molecule has 0 aromatic heterocycles. The van der Waals surface area contributed by atoms with Crippen molar-refractivity contribution >= 4 is 11.8 Å². The van der Waals surface area contributed by atoms with Crippen molar-refractivity contribution in [2.24, 2.45) is 5.92 Å². The second-order valence-electron chi connectivity index (χ2n) is 8.76. The zero-order chi connectivity index (χ0) is 23.8. The quantitative estimate of drug-likeness (QED) is 0.558. The molecule has 1 fully saturated rings. The van der Waals surface area contributed by atoms with Crippen LogP contribution in [-0.2, 0) is 16.1 Å². The van der Waals surface area contributed by atoms with E-state index in [0.717, 1.165) is 29.7 Å². The second kappa shape index (κ2) is 11.7. The van der Waals surface area contributed by atoms with Crippen LogP contribution in [-0.4, -0.2) is 36.5 Å². The molecule has 2 unspecified atom stereocenters. The summed E-state index contributed by atoms with van der Waals surface area (Å²) in [5.74, 6) is 1.16. The van der Waals surface area contributed by atoms with Gasteiger partial charge >= 0.3 is 0 Å². The Balaban J connectivity index is 1.86. The van der Waals surface area contributed by atoms with Crippen molar-refractivity contribution in [3.63, 3.8) is 0 Å². The van der Waals surface area contributed by atoms with Crippen LogP contribution in [0.2, 0.25) is 0 Å². The lowest BCUT2D eigenvalue weighted by molar-refractivity contribution is -0.143. The van der Waals surface area contributed by atoms with Crippen LogP contribution in [0.25, 0.3) is 0 Å². The van der Waals surface area contributed by atoms with Crippen molar-refractivity contribution in [1.82, 2.24) is 10.2 Å². The highest BCUT2D eigenvalue weighted by atomic mass is 16.5. The third-order valence-corrected chi connectivity index (χ3v) is 6.04. The Morgan fingerprint density at radius 3 is 2.52 bits per heavy atom. The molecule has 2 aromatic rings. The fraction of sp³-hybridized carbons (Fsp3) is 0.481. The van der Waals surface area contributed by atoms with Crippen LogP contribution in [0.15, 0.2) is 48.5 Å². The zero-order valence-electron chi connectivity index (χ0n) is 20.2. The molecule has 3 rings (SSSR count). The number of hydrogen-bond acceptors (Lipinski definition) is 4. The summed E-state index contributed by atoms with van der Waals surface area (Å²) in [7, 11) is 1.63. The number of nitrogens with zero attached hydrogens (tertiary/aromatic N) is 1. The van der Waals surface area contributed by atoms with Crippen molar-refractivity contribution in [2.75, 3.05) is 13.7 Å². The number of piperidine rings is 1. The zero-order valence-corrected chi connectivity index (χ0v) is 20.2. The van der Waals surface area contributed by atoms with Crippen LogP contribution < -0.4 is 14.8 Å². The van der Waals surface area contributed by atoms with Gasteiger partial charge in [-0.1, -0.05) is 49.7 Å². The number of amides is 2. The lowest BCUT2D eigenvalue weighted by atomic mass is 9.83. The molecule has 0 radical (unpaired) electrons. The smallest absolute Gasteiger partial charge is 0.225 e. The molecule has 0 spiro atoms. The first-order valence-electron chi connectivity index (χ1n) is 11.9. The van der Waals surface area contributed by atoms with E-state index in [1.807, 2.05) is 67.3 Å². The summed E-state index contributed by atoms with van der Waals surface area (Å²) in [4.78, 5) is 28.3. The summed E-state index contributed by atoms with van der Waals surface area (Å²) in [6.45, 7) is 7.08. The maximum atomic E-state index is 13.5. The number of likely N-dealkylation sites (tertiary alicyclic amines) is 1. The molecule has 2 aromatic carbocycles. The van der Waals surface area contributed by atoms with Gasteiger partial charge in [0, 0.05) is 30.6 Å². The Hall–Kier alpha value is -3.02. The number of rotatable bonds is 10. The lowest BCUT2D eigenvalue weighted by Gasteiger charge is -2.41. The van der Waals surface area contributed by atoms with E-state index in [-0.39, 0.29) is 29.9 Å². The summed E-state index contributed by atoms with van der Waals surface area (Å²) in [6, 6.07) is 15.1. The highest BCUT2D eigenvalue weighted by Crippen LogP contribution is 2.41. The number of ether oxygens (including phenoxy) is 2. The molecule has 1 aliphatic rings. The van der Waals surface area contributed by atoms with Crippen molar-refractivity contribution < 1.29 is 19.1 Å². The summed E-state index contributed by atoms with van der Waals surface area (Å²) < 4.78 is 11.5.